The topological polar surface area (TPSA) is 94.3 Å². The largest absolute Gasteiger partial charge is 0.360 e. The molecule has 0 fully saturated rings. The van der Waals surface area contributed by atoms with Gasteiger partial charge in [-0.2, -0.15) is 0 Å². The van der Waals surface area contributed by atoms with Gasteiger partial charge in [0.2, 0.25) is 11.8 Å². The van der Waals surface area contributed by atoms with E-state index in [4.69, 9.17) is 0 Å². The maximum Gasteiger partial charge on any atom is 0.238 e. The fourth-order valence-electron chi connectivity index (χ4n) is 3.55. The fraction of sp³-hybridized carbons (Fsp3) is 0.292. The van der Waals surface area contributed by atoms with E-state index in [9.17, 15) is 14.4 Å². The van der Waals surface area contributed by atoms with E-state index in [2.05, 4.69) is 28.6 Å². The number of hydrogen-bond acceptors (Lipinski definition) is 4. The highest BCUT2D eigenvalue weighted by atomic mass is 16.2. The summed E-state index contributed by atoms with van der Waals surface area (Å²) >= 11 is 0. The van der Waals surface area contributed by atoms with Gasteiger partial charge >= 0.3 is 0 Å². The smallest absolute Gasteiger partial charge is 0.238 e. The molecule has 2 aromatic carbocycles. The van der Waals surface area contributed by atoms with Gasteiger partial charge in [0, 0.05) is 41.0 Å². The quantitative estimate of drug-likeness (QED) is 0.459. The molecule has 7 heteroatoms. The van der Waals surface area contributed by atoms with E-state index >= 15 is 0 Å². The van der Waals surface area contributed by atoms with Gasteiger partial charge in [-0.05, 0) is 42.8 Å². The Morgan fingerprint density at radius 3 is 2.23 bits per heavy atom. The second-order valence-corrected chi connectivity index (χ2v) is 7.43. The monoisotopic (exact) mass is 420 g/mol. The zero-order valence-electron chi connectivity index (χ0n) is 18.1. The van der Waals surface area contributed by atoms with Crippen LogP contribution < -0.4 is 10.6 Å². The lowest BCUT2D eigenvalue weighted by atomic mass is 10.0. The highest BCUT2D eigenvalue weighted by Gasteiger charge is 2.18. The molecule has 31 heavy (non-hydrogen) atoms. The number of nitrogens with one attached hydrogen (secondary N) is 3. The minimum Gasteiger partial charge on any atom is -0.360 e. The molecule has 0 unspecified atom stereocenters. The second kappa shape index (κ2) is 10.0. The molecule has 0 aliphatic carbocycles. The predicted molar refractivity (Wildman–Crippen MR) is 123 cm³/mol. The number of amides is 2. The number of aromatic amines is 1. The van der Waals surface area contributed by atoms with Gasteiger partial charge in [-0.15, -0.1) is 0 Å². The first kappa shape index (κ1) is 22.2. The first-order chi connectivity index (χ1) is 14.9. The van der Waals surface area contributed by atoms with Crippen LogP contribution >= 0.6 is 0 Å². The van der Waals surface area contributed by atoms with E-state index in [0.717, 1.165) is 17.3 Å². The number of likely N-dealkylation sites (N-methyl/N-ethyl adjacent to an activating group) is 1. The average Bonchev–Trinajstić information content (AvgIpc) is 3.18. The van der Waals surface area contributed by atoms with Crippen LogP contribution in [-0.4, -0.2) is 47.1 Å². The van der Waals surface area contributed by atoms with E-state index in [-0.39, 0.29) is 30.7 Å². The lowest BCUT2D eigenvalue weighted by molar-refractivity contribution is -0.117. The van der Waals surface area contributed by atoms with Crippen molar-refractivity contribution in [2.45, 2.75) is 27.2 Å². The molecule has 3 N–H and O–H groups in total. The number of fused-ring (bicyclic) bond motifs is 1. The summed E-state index contributed by atoms with van der Waals surface area (Å²) in [6, 6.07) is 12.9. The SMILES string of the molecule is CCc1cccc2c(C(=O)CN(CC)CC(=O)Nc3ccc(NC(C)=O)cc3)c[nH]c12. The molecule has 3 rings (SSSR count). The van der Waals surface area contributed by atoms with Crippen LogP contribution in [-0.2, 0) is 16.0 Å². The third-order valence-corrected chi connectivity index (χ3v) is 5.15. The zero-order chi connectivity index (χ0) is 22.4. The normalized spacial score (nSPS) is 11.0. The molecule has 0 bridgehead atoms. The van der Waals surface area contributed by atoms with Gasteiger partial charge in [-0.1, -0.05) is 32.0 Å². The number of H-pyrrole nitrogens is 1. The summed E-state index contributed by atoms with van der Waals surface area (Å²) in [6.07, 6.45) is 2.65. The van der Waals surface area contributed by atoms with Crippen molar-refractivity contribution >= 4 is 39.9 Å². The summed E-state index contributed by atoms with van der Waals surface area (Å²) in [5.41, 5.74) is 4.11. The number of hydrogen-bond donors (Lipinski definition) is 3. The highest BCUT2D eigenvalue weighted by molar-refractivity contribution is 6.09. The summed E-state index contributed by atoms with van der Waals surface area (Å²) in [7, 11) is 0. The van der Waals surface area contributed by atoms with Gasteiger partial charge in [-0.25, -0.2) is 0 Å². The maximum absolute atomic E-state index is 12.9. The Balaban J connectivity index is 1.61. The van der Waals surface area contributed by atoms with Crippen LogP contribution in [0.2, 0.25) is 0 Å². The lowest BCUT2D eigenvalue weighted by Gasteiger charge is -2.19. The Morgan fingerprint density at radius 1 is 0.935 bits per heavy atom. The van der Waals surface area contributed by atoms with Crippen LogP contribution in [0.3, 0.4) is 0 Å². The number of carbonyl (C=O) groups is 3. The number of anilines is 2. The fourth-order valence-corrected chi connectivity index (χ4v) is 3.55. The number of para-hydroxylation sites is 1. The molecule has 0 saturated heterocycles. The third-order valence-electron chi connectivity index (χ3n) is 5.15. The van der Waals surface area contributed by atoms with Crippen LogP contribution in [0.15, 0.2) is 48.7 Å². The maximum atomic E-state index is 12.9. The summed E-state index contributed by atoms with van der Waals surface area (Å²) in [6.45, 7) is 6.29. The van der Waals surface area contributed by atoms with Crippen molar-refractivity contribution in [3.8, 4) is 0 Å². The van der Waals surface area contributed by atoms with Crippen molar-refractivity contribution in [2.24, 2.45) is 0 Å². The molecule has 0 saturated carbocycles. The lowest BCUT2D eigenvalue weighted by Crippen LogP contribution is -2.36. The minimum absolute atomic E-state index is 0.0196. The highest BCUT2D eigenvalue weighted by Crippen LogP contribution is 2.23. The van der Waals surface area contributed by atoms with Gasteiger partial charge < -0.3 is 15.6 Å². The molecule has 2 amide bonds. The van der Waals surface area contributed by atoms with E-state index in [0.29, 0.717) is 23.5 Å². The predicted octanol–water partition coefficient (Wildman–Crippen LogP) is 3.83. The molecule has 1 heterocycles. The second-order valence-electron chi connectivity index (χ2n) is 7.43. The van der Waals surface area contributed by atoms with Crippen molar-refractivity contribution in [1.29, 1.82) is 0 Å². The molecule has 0 aliphatic heterocycles. The molecule has 7 nitrogen and oxygen atoms in total. The average molecular weight is 421 g/mol. The van der Waals surface area contributed by atoms with Gasteiger partial charge in [-0.3, -0.25) is 19.3 Å². The standard InChI is InChI=1S/C24H28N4O3/c1-4-17-7-6-8-20-21(13-25-24(17)20)22(30)14-28(5-2)15-23(31)27-19-11-9-18(10-12-19)26-16(3)29/h6-13,25H,4-5,14-15H2,1-3H3,(H,26,29)(H,27,31). The van der Waals surface area contributed by atoms with Crippen molar-refractivity contribution in [2.75, 3.05) is 30.3 Å². The molecule has 1 aromatic heterocycles. The van der Waals surface area contributed by atoms with Crippen LogP contribution in [0.1, 0.15) is 36.7 Å². The first-order valence-corrected chi connectivity index (χ1v) is 10.4. The molecule has 162 valence electrons. The molecule has 3 aromatic rings. The molecular weight excluding hydrogens is 392 g/mol. The first-order valence-electron chi connectivity index (χ1n) is 10.4. The summed E-state index contributed by atoms with van der Waals surface area (Å²) in [4.78, 5) is 41.5. The summed E-state index contributed by atoms with van der Waals surface area (Å²) < 4.78 is 0. The Hall–Kier alpha value is -3.45. The third kappa shape index (κ3) is 5.58. The molecule has 0 radical (unpaired) electrons. The van der Waals surface area contributed by atoms with Crippen molar-refractivity contribution < 1.29 is 14.4 Å². The van der Waals surface area contributed by atoms with Crippen molar-refractivity contribution in [3.05, 3.63) is 59.8 Å². The van der Waals surface area contributed by atoms with Crippen molar-refractivity contribution in [1.82, 2.24) is 9.88 Å². The number of rotatable bonds is 9. The molecule has 0 spiro atoms. The Kier molecular flexibility index (Phi) is 7.20. The number of benzene rings is 2. The van der Waals surface area contributed by atoms with E-state index in [1.807, 2.05) is 24.0 Å². The molecule has 0 aliphatic rings. The van der Waals surface area contributed by atoms with Gasteiger partial charge in [0.1, 0.15) is 0 Å². The van der Waals surface area contributed by atoms with Crippen LogP contribution in [0.5, 0.6) is 0 Å². The van der Waals surface area contributed by atoms with E-state index in [1.54, 1.807) is 30.5 Å². The molecule has 0 atom stereocenters. The van der Waals surface area contributed by atoms with Gasteiger partial charge in [0.15, 0.2) is 5.78 Å². The summed E-state index contributed by atoms with van der Waals surface area (Å²) in [5, 5.41) is 6.43. The number of ketones is 1. The number of nitrogens with zero attached hydrogens (tertiary/aromatic N) is 1. The number of Topliss-reactive ketones (excluding diaryl/α,β-unsaturated/α-hetero) is 1. The van der Waals surface area contributed by atoms with Gasteiger partial charge in [0.05, 0.1) is 13.1 Å². The van der Waals surface area contributed by atoms with Crippen molar-refractivity contribution in [3.63, 3.8) is 0 Å². The zero-order valence-corrected chi connectivity index (χ0v) is 18.1. The number of aryl methyl sites for hydroxylation is 1. The van der Waals surface area contributed by atoms with Crippen LogP contribution in [0.4, 0.5) is 11.4 Å². The minimum atomic E-state index is -0.200. The number of aromatic nitrogens is 1. The summed E-state index contributed by atoms with van der Waals surface area (Å²) in [5.74, 6) is -0.371. The van der Waals surface area contributed by atoms with E-state index in [1.165, 1.54) is 12.5 Å². The number of carbonyl (C=O) groups excluding carboxylic acids is 3. The van der Waals surface area contributed by atoms with E-state index < -0.39 is 0 Å². The molecular formula is C24H28N4O3. The Morgan fingerprint density at radius 2 is 1.61 bits per heavy atom. The Labute approximate surface area is 181 Å². The Bertz CT molecular complexity index is 1090. The van der Waals surface area contributed by atoms with Gasteiger partial charge in [0.25, 0.3) is 0 Å². The van der Waals surface area contributed by atoms with Crippen LogP contribution in [0, 0.1) is 0 Å². The van der Waals surface area contributed by atoms with Crippen LogP contribution in [0.25, 0.3) is 10.9 Å².